The van der Waals surface area contributed by atoms with Crippen LogP contribution in [0.1, 0.15) is 20.3 Å². The lowest BCUT2D eigenvalue weighted by Gasteiger charge is -2.05. The van der Waals surface area contributed by atoms with Gasteiger partial charge in [0.1, 0.15) is 6.10 Å². The highest BCUT2D eigenvalue weighted by Crippen LogP contribution is 2.21. The van der Waals surface area contributed by atoms with Crippen LogP contribution in [0.15, 0.2) is 11.3 Å². The van der Waals surface area contributed by atoms with Crippen LogP contribution in [-0.2, 0) is 9.53 Å². The first kappa shape index (κ1) is 7.12. The third-order valence-electron chi connectivity index (χ3n) is 1.67. The van der Waals surface area contributed by atoms with E-state index in [2.05, 4.69) is 0 Å². The van der Waals surface area contributed by atoms with Gasteiger partial charge in [-0.2, -0.15) is 0 Å². The Bertz CT molecular complexity index is 193. The number of aliphatic hydroxyl groups is 1. The lowest BCUT2D eigenvalue weighted by Crippen LogP contribution is -2.08. The van der Waals surface area contributed by atoms with E-state index in [0.717, 1.165) is 6.42 Å². The number of hydrogen-bond donors (Lipinski definition) is 1. The molecule has 3 heteroatoms. The van der Waals surface area contributed by atoms with Crippen LogP contribution in [0, 0.1) is 0 Å². The molecule has 1 rings (SSSR count). The van der Waals surface area contributed by atoms with Gasteiger partial charge >= 0.3 is 5.97 Å². The smallest absolute Gasteiger partial charge is 0.374 e. The fourth-order valence-corrected chi connectivity index (χ4v) is 0.976. The summed E-state index contributed by atoms with van der Waals surface area (Å²) in [6.45, 7) is 3.61. The Labute approximate surface area is 59.3 Å². The van der Waals surface area contributed by atoms with E-state index >= 15 is 0 Å². The molecular weight excluding hydrogens is 132 g/mol. The molecular formula is C7H10O3. The van der Waals surface area contributed by atoms with Crippen molar-refractivity contribution in [2.24, 2.45) is 0 Å². The summed E-state index contributed by atoms with van der Waals surface area (Å²) in [7, 11) is 0. The number of rotatable bonds is 1. The van der Waals surface area contributed by atoms with Crippen LogP contribution in [-0.4, -0.2) is 17.2 Å². The van der Waals surface area contributed by atoms with Gasteiger partial charge in [-0.05, 0) is 13.3 Å². The quantitative estimate of drug-likeness (QED) is 0.559. The summed E-state index contributed by atoms with van der Waals surface area (Å²) in [5.41, 5.74) is 0.646. The molecule has 1 heterocycles. The zero-order valence-corrected chi connectivity index (χ0v) is 6.05. The third-order valence-corrected chi connectivity index (χ3v) is 1.67. The van der Waals surface area contributed by atoms with E-state index in [1.807, 2.05) is 6.92 Å². The normalized spacial score (nSPS) is 25.4. The number of cyclic esters (lactones) is 1. The first-order valence-electron chi connectivity index (χ1n) is 3.27. The third kappa shape index (κ3) is 0.875. The van der Waals surface area contributed by atoms with Gasteiger partial charge < -0.3 is 9.84 Å². The molecule has 0 saturated carbocycles. The van der Waals surface area contributed by atoms with E-state index in [9.17, 15) is 4.79 Å². The molecule has 1 atom stereocenters. The number of ether oxygens (including phenoxy) is 1. The number of carbonyl (C=O) groups is 1. The number of aliphatic hydroxyl groups excluding tert-OH is 1. The lowest BCUT2D eigenvalue weighted by molar-refractivity contribution is -0.142. The van der Waals surface area contributed by atoms with Crippen molar-refractivity contribution in [1.82, 2.24) is 0 Å². The molecule has 0 fully saturated rings. The maximum atomic E-state index is 10.6. The molecule has 1 aliphatic rings. The van der Waals surface area contributed by atoms with Crippen molar-refractivity contribution in [3.63, 3.8) is 0 Å². The molecule has 0 bridgehead atoms. The molecule has 10 heavy (non-hydrogen) atoms. The molecule has 1 N–H and O–H groups in total. The van der Waals surface area contributed by atoms with Gasteiger partial charge in [0.15, 0.2) is 0 Å². The SMILES string of the molecule is CCC1OC(=O)C(O)=C1C. The van der Waals surface area contributed by atoms with Gasteiger partial charge in [0.05, 0.1) is 0 Å². The van der Waals surface area contributed by atoms with Crippen LogP contribution in [0.4, 0.5) is 0 Å². The van der Waals surface area contributed by atoms with Crippen molar-refractivity contribution in [2.45, 2.75) is 26.4 Å². The highest BCUT2D eigenvalue weighted by atomic mass is 16.6. The highest BCUT2D eigenvalue weighted by molar-refractivity contribution is 5.89. The monoisotopic (exact) mass is 142 g/mol. The minimum absolute atomic E-state index is 0.201. The fraction of sp³-hybridized carbons (Fsp3) is 0.571. The Balaban J connectivity index is 2.83. The average Bonchev–Trinajstić information content (AvgIpc) is 2.17. The summed E-state index contributed by atoms with van der Waals surface area (Å²) in [5, 5.41) is 8.97. The van der Waals surface area contributed by atoms with Gasteiger partial charge in [0, 0.05) is 5.57 Å². The number of hydrogen-bond acceptors (Lipinski definition) is 3. The van der Waals surface area contributed by atoms with E-state index in [-0.39, 0.29) is 11.9 Å². The molecule has 3 nitrogen and oxygen atoms in total. The Morgan fingerprint density at radius 1 is 1.70 bits per heavy atom. The molecule has 0 aliphatic carbocycles. The predicted molar refractivity (Wildman–Crippen MR) is 35.5 cm³/mol. The summed E-state index contributed by atoms with van der Waals surface area (Å²) >= 11 is 0. The van der Waals surface area contributed by atoms with E-state index in [0.29, 0.717) is 5.57 Å². The van der Waals surface area contributed by atoms with E-state index in [1.165, 1.54) is 0 Å². The van der Waals surface area contributed by atoms with Gasteiger partial charge in [0.25, 0.3) is 0 Å². The highest BCUT2D eigenvalue weighted by Gasteiger charge is 2.29. The molecule has 0 radical (unpaired) electrons. The Morgan fingerprint density at radius 3 is 2.50 bits per heavy atom. The van der Waals surface area contributed by atoms with E-state index in [4.69, 9.17) is 9.84 Å². The number of carbonyl (C=O) groups excluding carboxylic acids is 1. The first-order valence-corrected chi connectivity index (χ1v) is 3.27. The van der Waals surface area contributed by atoms with Gasteiger partial charge in [-0.3, -0.25) is 0 Å². The van der Waals surface area contributed by atoms with Crippen molar-refractivity contribution in [3.8, 4) is 0 Å². The summed E-state index contributed by atoms with van der Waals surface area (Å²) in [5.74, 6) is -0.809. The van der Waals surface area contributed by atoms with Gasteiger partial charge in [0.2, 0.25) is 5.76 Å². The molecule has 0 spiro atoms. The van der Waals surface area contributed by atoms with Crippen LogP contribution in [0.3, 0.4) is 0 Å². The molecule has 0 saturated heterocycles. The zero-order chi connectivity index (χ0) is 7.72. The molecule has 0 aromatic heterocycles. The van der Waals surface area contributed by atoms with Crippen LogP contribution in [0.2, 0.25) is 0 Å². The number of esters is 1. The van der Waals surface area contributed by atoms with E-state index < -0.39 is 5.97 Å². The summed E-state index contributed by atoms with van der Waals surface area (Å²) in [4.78, 5) is 10.6. The van der Waals surface area contributed by atoms with Crippen LogP contribution < -0.4 is 0 Å². The van der Waals surface area contributed by atoms with Gasteiger partial charge in [-0.1, -0.05) is 6.92 Å². The van der Waals surface area contributed by atoms with Crippen molar-refractivity contribution in [3.05, 3.63) is 11.3 Å². The van der Waals surface area contributed by atoms with Crippen molar-refractivity contribution < 1.29 is 14.6 Å². The van der Waals surface area contributed by atoms with Gasteiger partial charge in [-0.25, -0.2) is 4.79 Å². The second-order valence-corrected chi connectivity index (χ2v) is 2.33. The first-order chi connectivity index (χ1) is 4.66. The topological polar surface area (TPSA) is 46.5 Å². The zero-order valence-electron chi connectivity index (χ0n) is 6.05. The molecule has 0 amide bonds. The lowest BCUT2D eigenvalue weighted by atomic mass is 10.1. The van der Waals surface area contributed by atoms with Gasteiger partial charge in [-0.15, -0.1) is 0 Å². The van der Waals surface area contributed by atoms with Crippen LogP contribution in [0.25, 0.3) is 0 Å². The molecule has 56 valence electrons. The maximum absolute atomic E-state index is 10.6. The predicted octanol–water partition coefficient (Wildman–Crippen LogP) is 1.15. The standard InChI is InChI=1S/C7H10O3/c1-3-5-4(2)6(8)7(9)10-5/h5,8H,3H2,1-2H3. The van der Waals surface area contributed by atoms with Crippen LogP contribution in [0.5, 0.6) is 0 Å². The van der Waals surface area contributed by atoms with Crippen molar-refractivity contribution >= 4 is 5.97 Å². The summed E-state index contributed by atoms with van der Waals surface area (Å²) in [6.07, 6.45) is 0.522. The summed E-state index contributed by atoms with van der Waals surface area (Å²) in [6, 6.07) is 0. The van der Waals surface area contributed by atoms with Crippen molar-refractivity contribution in [2.75, 3.05) is 0 Å². The second kappa shape index (κ2) is 2.33. The van der Waals surface area contributed by atoms with Crippen LogP contribution >= 0.6 is 0 Å². The Kier molecular flexibility index (Phi) is 1.66. The molecule has 1 unspecified atom stereocenters. The molecule has 1 aliphatic heterocycles. The van der Waals surface area contributed by atoms with Crippen molar-refractivity contribution in [1.29, 1.82) is 0 Å². The second-order valence-electron chi connectivity index (χ2n) is 2.33. The Morgan fingerprint density at radius 2 is 2.30 bits per heavy atom. The maximum Gasteiger partial charge on any atom is 0.374 e. The largest absolute Gasteiger partial charge is 0.502 e. The minimum Gasteiger partial charge on any atom is -0.502 e. The molecule has 0 aromatic rings. The average molecular weight is 142 g/mol. The summed E-state index contributed by atoms with van der Waals surface area (Å²) < 4.78 is 4.77. The minimum atomic E-state index is -0.593. The molecule has 0 aromatic carbocycles. The fourth-order valence-electron chi connectivity index (χ4n) is 0.976. The Hall–Kier alpha value is -0.990. The van der Waals surface area contributed by atoms with E-state index in [1.54, 1.807) is 6.92 Å².